The molecule has 11 rings (SSSR count). The molecule has 0 fully saturated rings. The van der Waals surface area contributed by atoms with Crippen LogP contribution in [0.4, 0.5) is 17.1 Å². The van der Waals surface area contributed by atoms with Gasteiger partial charge in [0.1, 0.15) is 0 Å². The monoisotopic (exact) mass is 749 g/mol. The Kier molecular flexibility index (Phi) is 8.56. The lowest BCUT2D eigenvalue weighted by Gasteiger charge is -2.30. The first kappa shape index (κ1) is 34.5. The van der Waals surface area contributed by atoms with Gasteiger partial charge in [0.2, 0.25) is 0 Å². The van der Waals surface area contributed by atoms with E-state index in [2.05, 4.69) is 241 Å². The van der Waals surface area contributed by atoms with Crippen molar-refractivity contribution in [3.8, 4) is 44.5 Å². The summed E-state index contributed by atoms with van der Waals surface area (Å²) in [5.41, 5.74) is 12.9. The minimum atomic E-state index is 1.09. The van der Waals surface area contributed by atoms with Gasteiger partial charge in [0.25, 0.3) is 0 Å². The molecule has 59 heavy (non-hydrogen) atoms. The molecular formula is C58H39N. The van der Waals surface area contributed by atoms with Gasteiger partial charge in [-0.05, 0) is 107 Å². The minimum absolute atomic E-state index is 1.09. The SMILES string of the molecule is c1ccc(-c2ccc(N(c3ccc(-c4ccc5ccccc5c4-c4ccccc4)cc3)c3cccc4c5ccccc5c5ccccc5c34)c(-c3ccccc3)c2)cc1. The zero-order valence-electron chi connectivity index (χ0n) is 32.5. The van der Waals surface area contributed by atoms with Gasteiger partial charge in [0.05, 0.1) is 11.4 Å². The number of nitrogens with zero attached hydrogens (tertiary/aromatic N) is 1. The van der Waals surface area contributed by atoms with E-state index in [1.807, 2.05) is 0 Å². The Morgan fingerprint density at radius 3 is 1.41 bits per heavy atom. The molecule has 0 aromatic heterocycles. The van der Waals surface area contributed by atoms with Crippen molar-refractivity contribution in [1.82, 2.24) is 0 Å². The van der Waals surface area contributed by atoms with E-state index < -0.39 is 0 Å². The number of hydrogen-bond donors (Lipinski definition) is 0. The number of rotatable bonds is 7. The number of fused-ring (bicyclic) bond motifs is 7. The van der Waals surface area contributed by atoms with E-state index in [1.165, 1.54) is 87.6 Å². The highest BCUT2D eigenvalue weighted by molar-refractivity contribution is 6.29. The molecule has 0 radical (unpaired) electrons. The minimum Gasteiger partial charge on any atom is -0.309 e. The molecule has 0 bridgehead atoms. The first-order valence-corrected chi connectivity index (χ1v) is 20.3. The van der Waals surface area contributed by atoms with Crippen molar-refractivity contribution in [3.63, 3.8) is 0 Å². The average molecular weight is 750 g/mol. The van der Waals surface area contributed by atoms with Crippen LogP contribution in [0.1, 0.15) is 0 Å². The van der Waals surface area contributed by atoms with Gasteiger partial charge in [-0.2, -0.15) is 0 Å². The molecule has 276 valence electrons. The maximum Gasteiger partial charge on any atom is 0.0546 e. The molecule has 11 aromatic carbocycles. The Labute approximate surface area is 344 Å². The average Bonchev–Trinajstić information content (AvgIpc) is 3.32. The van der Waals surface area contributed by atoms with E-state index in [-0.39, 0.29) is 0 Å². The van der Waals surface area contributed by atoms with E-state index >= 15 is 0 Å². The Hall–Kier alpha value is -7.74. The first-order chi connectivity index (χ1) is 29.3. The molecule has 0 saturated heterocycles. The van der Waals surface area contributed by atoms with Gasteiger partial charge in [-0.15, -0.1) is 0 Å². The van der Waals surface area contributed by atoms with Crippen molar-refractivity contribution >= 4 is 60.2 Å². The largest absolute Gasteiger partial charge is 0.309 e. The molecule has 0 atom stereocenters. The number of hydrogen-bond acceptors (Lipinski definition) is 1. The fourth-order valence-electron chi connectivity index (χ4n) is 9.14. The van der Waals surface area contributed by atoms with E-state index in [4.69, 9.17) is 0 Å². The second-order valence-corrected chi connectivity index (χ2v) is 15.2. The molecule has 0 amide bonds. The van der Waals surface area contributed by atoms with E-state index in [9.17, 15) is 0 Å². The van der Waals surface area contributed by atoms with Crippen LogP contribution >= 0.6 is 0 Å². The van der Waals surface area contributed by atoms with Crippen molar-refractivity contribution in [1.29, 1.82) is 0 Å². The topological polar surface area (TPSA) is 3.24 Å². The Morgan fingerprint density at radius 1 is 0.254 bits per heavy atom. The molecule has 0 heterocycles. The highest BCUT2D eigenvalue weighted by Crippen LogP contribution is 2.48. The summed E-state index contributed by atoms with van der Waals surface area (Å²) in [4.78, 5) is 2.49. The second-order valence-electron chi connectivity index (χ2n) is 15.2. The highest BCUT2D eigenvalue weighted by Gasteiger charge is 2.23. The molecule has 0 aliphatic heterocycles. The van der Waals surface area contributed by atoms with E-state index in [0.29, 0.717) is 0 Å². The molecular weight excluding hydrogens is 711 g/mol. The lowest BCUT2D eigenvalue weighted by molar-refractivity contribution is 1.30. The predicted octanol–water partition coefficient (Wildman–Crippen LogP) is 16.4. The molecule has 0 N–H and O–H groups in total. The summed E-state index contributed by atoms with van der Waals surface area (Å²) < 4.78 is 0. The van der Waals surface area contributed by atoms with Gasteiger partial charge in [0.15, 0.2) is 0 Å². The molecule has 0 saturated carbocycles. The van der Waals surface area contributed by atoms with Gasteiger partial charge < -0.3 is 4.90 Å². The van der Waals surface area contributed by atoms with Crippen LogP contribution in [0, 0.1) is 0 Å². The molecule has 0 aliphatic carbocycles. The van der Waals surface area contributed by atoms with Gasteiger partial charge in [-0.3, -0.25) is 0 Å². The summed E-state index contributed by atoms with van der Waals surface area (Å²) >= 11 is 0. The molecule has 11 aromatic rings. The zero-order chi connectivity index (χ0) is 39.1. The summed E-state index contributed by atoms with van der Waals surface area (Å²) in [5.74, 6) is 0. The van der Waals surface area contributed by atoms with Crippen LogP contribution < -0.4 is 4.90 Å². The van der Waals surface area contributed by atoms with Crippen molar-refractivity contribution in [2.75, 3.05) is 4.90 Å². The van der Waals surface area contributed by atoms with Gasteiger partial charge in [-0.1, -0.05) is 206 Å². The third-order valence-corrected chi connectivity index (χ3v) is 11.8. The third kappa shape index (κ3) is 6.04. The molecule has 0 spiro atoms. The van der Waals surface area contributed by atoms with E-state index in [1.54, 1.807) is 0 Å². The fraction of sp³-hybridized carbons (Fsp3) is 0. The Morgan fingerprint density at radius 2 is 0.746 bits per heavy atom. The second kappa shape index (κ2) is 14.6. The summed E-state index contributed by atoms with van der Waals surface area (Å²) in [6.07, 6.45) is 0. The fourth-order valence-corrected chi connectivity index (χ4v) is 9.14. The number of benzene rings is 11. The molecule has 0 unspecified atom stereocenters. The maximum absolute atomic E-state index is 2.49. The van der Waals surface area contributed by atoms with Crippen LogP contribution in [0.5, 0.6) is 0 Å². The summed E-state index contributed by atoms with van der Waals surface area (Å²) in [7, 11) is 0. The van der Waals surface area contributed by atoms with E-state index in [0.717, 1.165) is 17.1 Å². The summed E-state index contributed by atoms with van der Waals surface area (Å²) in [6, 6.07) is 86.3. The normalized spacial score (nSPS) is 11.4. The van der Waals surface area contributed by atoms with Crippen LogP contribution in [-0.2, 0) is 0 Å². The van der Waals surface area contributed by atoms with Crippen molar-refractivity contribution in [2.45, 2.75) is 0 Å². The standard InChI is InChI=1S/C58H39N/c1-4-17-40(18-5-1)45-34-38-55(54(39-45)41-19-6-2-7-20-41)59(56-30-16-29-53-51-26-13-12-25-49(51)50-27-14-15-28-52(50)58(53)56)46-35-31-43(32-36-46)48-37-33-42-21-10-11-24-47(42)57(48)44-22-8-3-9-23-44/h1-39H. The molecule has 0 aliphatic rings. The Bertz CT molecular complexity index is 3250. The van der Waals surface area contributed by atoms with Gasteiger partial charge in [0, 0.05) is 16.6 Å². The van der Waals surface area contributed by atoms with Crippen molar-refractivity contribution in [2.24, 2.45) is 0 Å². The van der Waals surface area contributed by atoms with Crippen LogP contribution in [0.3, 0.4) is 0 Å². The Balaban J connectivity index is 1.18. The van der Waals surface area contributed by atoms with Crippen molar-refractivity contribution < 1.29 is 0 Å². The summed E-state index contributed by atoms with van der Waals surface area (Å²) in [6.45, 7) is 0. The highest BCUT2D eigenvalue weighted by atomic mass is 15.1. The smallest absolute Gasteiger partial charge is 0.0546 e. The van der Waals surface area contributed by atoms with Crippen LogP contribution in [0.25, 0.3) is 87.6 Å². The summed E-state index contributed by atoms with van der Waals surface area (Å²) in [5, 5.41) is 9.98. The molecule has 1 nitrogen and oxygen atoms in total. The van der Waals surface area contributed by atoms with Gasteiger partial charge >= 0.3 is 0 Å². The van der Waals surface area contributed by atoms with Crippen LogP contribution in [-0.4, -0.2) is 0 Å². The predicted molar refractivity (Wildman–Crippen MR) is 253 cm³/mol. The maximum atomic E-state index is 2.49. The molecule has 1 heteroatoms. The van der Waals surface area contributed by atoms with Crippen LogP contribution in [0.15, 0.2) is 237 Å². The lowest BCUT2D eigenvalue weighted by atomic mass is 9.89. The quantitative estimate of drug-likeness (QED) is 0.147. The first-order valence-electron chi connectivity index (χ1n) is 20.3. The lowest BCUT2D eigenvalue weighted by Crippen LogP contribution is -2.12. The third-order valence-electron chi connectivity index (χ3n) is 11.8. The van der Waals surface area contributed by atoms with Crippen molar-refractivity contribution in [3.05, 3.63) is 237 Å². The van der Waals surface area contributed by atoms with Crippen LogP contribution in [0.2, 0.25) is 0 Å². The number of anilines is 3. The van der Waals surface area contributed by atoms with Gasteiger partial charge in [-0.25, -0.2) is 0 Å². The zero-order valence-corrected chi connectivity index (χ0v) is 32.5.